The summed E-state index contributed by atoms with van der Waals surface area (Å²) in [4.78, 5) is 13.8. The van der Waals surface area contributed by atoms with Gasteiger partial charge in [0.05, 0.1) is 26.2 Å². The molecule has 32 heavy (non-hydrogen) atoms. The summed E-state index contributed by atoms with van der Waals surface area (Å²) in [7, 11) is -3.31. The lowest BCUT2D eigenvalue weighted by atomic mass is 10.2. The lowest BCUT2D eigenvalue weighted by Gasteiger charge is -2.07. The number of carbonyl (C=O) groups is 1. The van der Waals surface area contributed by atoms with Crippen LogP contribution in [0.4, 0.5) is 0 Å². The Hall–Kier alpha value is -2.94. The van der Waals surface area contributed by atoms with E-state index in [4.69, 9.17) is 16.3 Å². The minimum Gasteiger partial charge on any atom is -0.406 e. The van der Waals surface area contributed by atoms with Crippen molar-refractivity contribution >= 4 is 38.7 Å². The third-order valence-corrected chi connectivity index (χ3v) is 7.27. The Morgan fingerprint density at radius 2 is 1.81 bits per heavy atom. The summed E-state index contributed by atoms with van der Waals surface area (Å²) in [6.45, 7) is 1.71. The van der Waals surface area contributed by atoms with Gasteiger partial charge in [-0.1, -0.05) is 42.8 Å². The van der Waals surface area contributed by atoms with Gasteiger partial charge in [0.15, 0.2) is 9.84 Å². The number of ether oxygens (including phenoxy) is 1. The average molecular weight is 487 g/mol. The molecule has 0 spiro atoms. The molecule has 6 nitrogen and oxygen atoms in total. The third-order valence-electron chi connectivity index (χ3n) is 4.68. The molecule has 0 fully saturated rings. The van der Waals surface area contributed by atoms with Crippen LogP contribution in [0.2, 0.25) is 5.02 Å². The van der Waals surface area contributed by atoms with Gasteiger partial charge in [0.1, 0.15) is 0 Å². The summed E-state index contributed by atoms with van der Waals surface area (Å²) < 4.78 is 30.8. The molecule has 0 saturated carbocycles. The predicted molar refractivity (Wildman–Crippen MR) is 126 cm³/mol. The highest BCUT2D eigenvalue weighted by molar-refractivity contribution is 7.90. The molecule has 0 bridgehead atoms. The van der Waals surface area contributed by atoms with Gasteiger partial charge in [-0.25, -0.2) is 13.1 Å². The van der Waals surface area contributed by atoms with E-state index in [2.05, 4.69) is 5.10 Å². The van der Waals surface area contributed by atoms with Gasteiger partial charge in [0.2, 0.25) is 5.88 Å². The molecule has 164 valence electrons. The Bertz CT molecular complexity index is 1410. The fourth-order valence-corrected chi connectivity index (χ4v) is 4.98. The Balaban J connectivity index is 1.80. The van der Waals surface area contributed by atoms with Crippen molar-refractivity contribution in [2.45, 2.75) is 18.2 Å². The Labute approximate surface area is 195 Å². The summed E-state index contributed by atoms with van der Waals surface area (Å²) in [5.41, 5.74) is 2.15. The smallest absolute Gasteiger partial charge is 0.312 e. The molecule has 0 aliphatic heterocycles. The second-order valence-electron chi connectivity index (χ2n) is 7.02. The first-order valence-corrected chi connectivity index (χ1v) is 12.8. The number of thiophene rings is 1. The molecule has 0 unspecified atom stereocenters. The van der Waals surface area contributed by atoms with Crippen molar-refractivity contribution in [2.75, 3.05) is 6.26 Å². The number of para-hydroxylation sites is 1. The number of halogens is 1. The number of carbonyl (C=O) groups excluding carboxylic acids is 1. The Morgan fingerprint density at radius 3 is 2.53 bits per heavy atom. The molecular weight excluding hydrogens is 468 g/mol. The number of nitrogens with zero attached hydrogens (tertiary/aromatic N) is 2. The largest absolute Gasteiger partial charge is 0.406 e. The number of hydrogen-bond acceptors (Lipinski definition) is 6. The van der Waals surface area contributed by atoms with Crippen molar-refractivity contribution in [3.8, 4) is 32.6 Å². The van der Waals surface area contributed by atoms with Crippen molar-refractivity contribution in [3.63, 3.8) is 0 Å². The fraction of sp³-hybridized carbons (Fsp3) is 0.130. The molecule has 0 radical (unpaired) electrons. The van der Waals surface area contributed by atoms with Crippen LogP contribution in [-0.2, 0) is 14.6 Å². The van der Waals surface area contributed by atoms with Gasteiger partial charge in [-0.15, -0.1) is 16.4 Å². The molecule has 2 aromatic carbocycles. The van der Waals surface area contributed by atoms with Crippen molar-refractivity contribution in [3.05, 3.63) is 71.8 Å². The first-order chi connectivity index (χ1) is 15.3. The highest BCUT2D eigenvalue weighted by Gasteiger charge is 2.18. The zero-order chi connectivity index (χ0) is 22.9. The molecule has 2 heterocycles. The first-order valence-electron chi connectivity index (χ1n) is 9.72. The van der Waals surface area contributed by atoms with Gasteiger partial charge in [-0.2, -0.15) is 0 Å². The van der Waals surface area contributed by atoms with E-state index in [1.54, 1.807) is 41.9 Å². The van der Waals surface area contributed by atoms with Crippen molar-refractivity contribution in [2.24, 2.45) is 0 Å². The van der Waals surface area contributed by atoms with Gasteiger partial charge in [0, 0.05) is 23.6 Å². The van der Waals surface area contributed by atoms with Crippen LogP contribution in [0.1, 0.15) is 13.3 Å². The topological polar surface area (TPSA) is 78.3 Å². The molecule has 9 heteroatoms. The summed E-state index contributed by atoms with van der Waals surface area (Å²) in [5, 5.41) is 4.95. The molecule has 0 atom stereocenters. The van der Waals surface area contributed by atoms with Crippen LogP contribution in [0.15, 0.2) is 71.6 Å². The standard InChI is InChI=1S/C23H19ClN2O4S2/c1-3-23(27)30-22-14-19(26(25-22)18-10-5-4-9-17(18)24)21-12-11-20(31-21)15-7-6-8-16(13-15)32(2,28)29/h4-14H,3H2,1-2H3. The summed E-state index contributed by atoms with van der Waals surface area (Å²) in [6, 6.07) is 19.6. The lowest BCUT2D eigenvalue weighted by Crippen LogP contribution is -2.06. The SMILES string of the molecule is CCC(=O)Oc1cc(-c2ccc(-c3cccc(S(C)(=O)=O)c3)s2)n(-c2ccccc2Cl)n1. The molecule has 4 aromatic rings. The molecule has 0 aliphatic carbocycles. The van der Waals surface area contributed by atoms with Crippen LogP contribution in [0.25, 0.3) is 26.7 Å². The van der Waals surface area contributed by atoms with Crippen LogP contribution >= 0.6 is 22.9 Å². The summed E-state index contributed by atoms with van der Waals surface area (Å²) in [6.07, 6.45) is 1.42. The number of hydrogen-bond donors (Lipinski definition) is 0. The normalized spacial score (nSPS) is 11.5. The number of rotatable bonds is 6. The van der Waals surface area contributed by atoms with E-state index >= 15 is 0 Å². The average Bonchev–Trinajstić information content (AvgIpc) is 3.41. The van der Waals surface area contributed by atoms with Gasteiger partial charge in [0.25, 0.3) is 0 Å². The van der Waals surface area contributed by atoms with Crippen molar-refractivity contribution < 1.29 is 17.9 Å². The fourth-order valence-electron chi connectivity index (χ4n) is 3.09. The Kier molecular flexibility index (Phi) is 6.19. The molecule has 4 rings (SSSR count). The maximum atomic E-state index is 11.9. The number of esters is 1. The number of aromatic nitrogens is 2. The van der Waals surface area contributed by atoms with Crippen LogP contribution in [0.3, 0.4) is 0 Å². The van der Waals surface area contributed by atoms with Gasteiger partial charge >= 0.3 is 5.97 Å². The van der Waals surface area contributed by atoms with Crippen molar-refractivity contribution in [1.82, 2.24) is 9.78 Å². The number of benzene rings is 2. The van der Waals surface area contributed by atoms with E-state index < -0.39 is 9.84 Å². The van der Waals surface area contributed by atoms with Gasteiger partial charge in [-0.05, 0) is 42.0 Å². The summed E-state index contributed by atoms with van der Waals surface area (Å²) >= 11 is 7.87. The lowest BCUT2D eigenvalue weighted by molar-refractivity contribution is -0.134. The van der Waals surface area contributed by atoms with Crippen LogP contribution in [-0.4, -0.2) is 30.4 Å². The molecule has 0 saturated heterocycles. The first kappa shape index (κ1) is 22.3. The van der Waals surface area contributed by atoms with E-state index in [-0.39, 0.29) is 23.2 Å². The zero-order valence-corrected chi connectivity index (χ0v) is 19.7. The molecular formula is C23H19ClN2O4S2. The minimum atomic E-state index is -3.31. The maximum absolute atomic E-state index is 11.9. The quantitative estimate of drug-likeness (QED) is 0.329. The maximum Gasteiger partial charge on any atom is 0.312 e. The molecule has 2 aromatic heterocycles. The second-order valence-corrected chi connectivity index (χ2v) is 10.5. The van der Waals surface area contributed by atoms with Crippen LogP contribution in [0, 0.1) is 0 Å². The third kappa shape index (κ3) is 4.62. The van der Waals surface area contributed by atoms with E-state index in [0.717, 1.165) is 15.3 Å². The number of sulfone groups is 1. The van der Waals surface area contributed by atoms with E-state index in [1.807, 2.05) is 36.4 Å². The molecule has 0 aliphatic rings. The highest BCUT2D eigenvalue weighted by atomic mass is 35.5. The highest BCUT2D eigenvalue weighted by Crippen LogP contribution is 2.38. The van der Waals surface area contributed by atoms with Crippen LogP contribution in [0.5, 0.6) is 5.88 Å². The van der Waals surface area contributed by atoms with E-state index in [9.17, 15) is 13.2 Å². The predicted octanol–water partition coefficient (Wildman–Crippen LogP) is 5.64. The van der Waals surface area contributed by atoms with Gasteiger partial charge < -0.3 is 4.74 Å². The zero-order valence-electron chi connectivity index (χ0n) is 17.3. The molecule has 0 amide bonds. The van der Waals surface area contributed by atoms with Gasteiger partial charge in [-0.3, -0.25) is 4.79 Å². The minimum absolute atomic E-state index is 0.181. The van der Waals surface area contributed by atoms with Crippen molar-refractivity contribution in [1.29, 1.82) is 0 Å². The monoisotopic (exact) mass is 486 g/mol. The van der Waals surface area contributed by atoms with Crippen LogP contribution < -0.4 is 4.74 Å². The van der Waals surface area contributed by atoms with E-state index in [0.29, 0.717) is 16.4 Å². The summed E-state index contributed by atoms with van der Waals surface area (Å²) in [5.74, 6) is -0.203. The second kappa shape index (κ2) is 8.90. The van der Waals surface area contributed by atoms with E-state index in [1.165, 1.54) is 17.6 Å². The Morgan fingerprint density at radius 1 is 1.06 bits per heavy atom. The molecule has 0 N–H and O–H groups in total.